The van der Waals surface area contributed by atoms with Gasteiger partial charge in [-0.05, 0) is 18.8 Å². The second-order valence-corrected chi connectivity index (χ2v) is 5.08. The van der Waals surface area contributed by atoms with Gasteiger partial charge in [0.25, 0.3) is 0 Å². The van der Waals surface area contributed by atoms with Crippen molar-refractivity contribution in [3.63, 3.8) is 0 Å². The lowest BCUT2D eigenvalue weighted by Crippen LogP contribution is -2.59. The van der Waals surface area contributed by atoms with Gasteiger partial charge in [-0.25, -0.2) is 9.59 Å². The topological polar surface area (TPSA) is 69.6 Å². The molecule has 1 rings (SSSR count). The summed E-state index contributed by atoms with van der Waals surface area (Å²) in [6.07, 6.45) is 7.89. The summed E-state index contributed by atoms with van der Waals surface area (Å²) < 4.78 is 0. The summed E-state index contributed by atoms with van der Waals surface area (Å²) in [5.41, 5.74) is -1.14. The molecule has 1 fully saturated rings. The van der Waals surface area contributed by atoms with E-state index in [1.165, 1.54) is 4.90 Å². The van der Waals surface area contributed by atoms with E-state index in [0.717, 1.165) is 12.8 Å². The maximum absolute atomic E-state index is 11.9. The minimum atomic E-state index is -1.14. The molecule has 0 heterocycles. The fourth-order valence-electron chi connectivity index (χ4n) is 2.42. The average molecular weight is 252 g/mol. The summed E-state index contributed by atoms with van der Waals surface area (Å²) in [4.78, 5) is 24.6. The van der Waals surface area contributed by atoms with Crippen LogP contribution >= 0.6 is 0 Å². The fourth-order valence-corrected chi connectivity index (χ4v) is 2.42. The Balaban J connectivity index is 2.78. The largest absolute Gasteiger partial charge is 0.480 e. The normalized spacial score (nSPS) is 27.1. The molecule has 2 amide bonds. The van der Waals surface area contributed by atoms with Crippen LogP contribution in [0.5, 0.6) is 0 Å². The van der Waals surface area contributed by atoms with E-state index < -0.39 is 17.5 Å². The van der Waals surface area contributed by atoms with Gasteiger partial charge >= 0.3 is 12.0 Å². The van der Waals surface area contributed by atoms with E-state index in [-0.39, 0.29) is 6.54 Å². The van der Waals surface area contributed by atoms with Crippen LogP contribution in [0.3, 0.4) is 0 Å². The van der Waals surface area contributed by atoms with Gasteiger partial charge in [-0.3, -0.25) is 0 Å². The number of urea groups is 1. The van der Waals surface area contributed by atoms with Gasteiger partial charge in [0.2, 0.25) is 0 Å². The molecular weight excluding hydrogens is 232 g/mol. The summed E-state index contributed by atoms with van der Waals surface area (Å²) >= 11 is 0. The predicted molar refractivity (Wildman–Crippen MR) is 68.0 cm³/mol. The molecule has 0 aromatic rings. The van der Waals surface area contributed by atoms with Gasteiger partial charge < -0.3 is 15.3 Å². The highest BCUT2D eigenvalue weighted by Gasteiger charge is 2.43. The van der Waals surface area contributed by atoms with Crippen molar-refractivity contribution < 1.29 is 14.7 Å². The average Bonchev–Trinajstić information content (AvgIpc) is 2.29. The molecule has 1 saturated carbocycles. The van der Waals surface area contributed by atoms with Crippen LogP contribution in [0.4, 0.5) is 4.79 Å². The van der Waals surface area contributed by atoms with Gasteiger partial charge in [0.15, 0.2) is 0 Å². The van der Waals surface area contributed by atoms with Gasteiger partial charge in [0, 0.05) is 7.05 Å². The molecule has 2 N–H and O–H groups in total. The third kappa shape index (κ3) is 3.16. The van der Waals surface area contributed by atoms with E-state index in [0.29, 0.717) is 18.8 Å². The lowest BCUT2D eigenvalue weighted by Gasteiger charge is -2.37. The number of nitrogens with one attached hydrogen (secondary N) is 1. The highest BCUT2D eigenvalue weighted by Crippen LogP contribution is 2.32. The molecule has 0 aliphatic heterocycles. The summed E-state index contributed by atoms with van der Waals surface area (Å²) in [6.45, 7) is 2.17. The second kappa shape index (κ2) is 5.76. The third-order valence-corrected chi connectivity index (χ3v) is 3.43. The Morgan fingerprint density at radius 2 is 2.28 bits per heavy atom. The zero-order valence-corrected chi connectivity index (χ0v) is 10.9. The smallest absolute Gasteiger partial charge is 0.329 e. The van der Waals surface area contributed by atoms with E-state index in [4.69, 9.17) is 6.42 Å². The fraction of sp³-hybridized carbons (Fsp3) is 0.692. The molecule has 2 unspecified atom stereocenters. The van der Waals surface area contributed by atoms with Gasteiger partial charge in [-0.1, -0.05) is 25.7 Å². The van der Waals surface area contributed by atoms with Crippen molar-refractivity contribution >= 4 is 12.0 Å². The molecule has 100 valence electrons. The number of rotatable bonds is 3. The number of amides is 2. The van der Waals surface area contributed by atoms with Crippen LogP contribution in [0, 0.1) is 18.3 Å². The number of carboxylic acids is 1. The number of carbonyl (C=O) groups excluding carboxylic acids is 1. The Morgan fingerprint density at radius 1 is 1.61 bits per heavy atom. The summed E-state index contributed by atoms with van der Waals surface area (Å²) in [5, 5.41) is 12.0. The van der Waals surface area contributed by atoms with E-state index in [2.05, 4.69) is 11.2 Å². The van der Waals surface area contributed by atoms with Crippen molar-refractivity contribution in [1.29, 1.82) is 0 Å². The molecule has 0 aromatic carbocycles. The molecular formula is C13H20N2O3. The standard InChI is InChI=1S/C13H20N2O3/c1-4-8-15(3)12(18)14-13(11(16)17)7-5-6-10(2)9-13/h1,10H,5-9H2,2-3H3,(H,14,18)(H,16,17). The lowest BCUT2D eigenvalue weighted by molar-refractivity contribution is -0.146. The van der Waals surface area contributed by atoms with Gasteiger partial charge in [-0.15, -0.1) is 6.42 Å². The molecule has 5 nitrogen and oxygen atoms in total. The molecule has 0 saturated heterocycles. The van der Waals surface area contributed by atoms with Gasteiger partial charge in [0.05, 0.1) is 6.54 Å². The lowest BCUT2D eigenvalue weighted by atomic mass is 9.76. The van der Waals surface area contributed by atoms with Crippen LogP contribution in [-0.4, -0.2) is 41.1 Å². The Hall–Kier alpha value is -1.70. The van der Waals surface area contributed by atoms with Gasteiger partial charge in [0.1, 0.15) is 5.54 Å². The van der Waals surface area contributed by atoms with Crippen LogP contribution < -0.4 is 5.32 Å². The van der Waals surface area contributed by atoms with Crippen LogP contribution in [-0.2, 0) is 4.79 Å². The zero-order valence-electron chi connectivity index (χ0n) is 10.9. The molecule has 0 bridgehead atoms. The van der Waals surface area contributed by atoms with E-state index in [1.807, 2.05) is 6.92 Å². The van der Waals surface area contributed by atoms with Crippen molar-refractivity contribution in [1.82, 2.24) is 10.2 Å². The van der Waals surface area contributed by atoms with Crippen LogP contribution in [0.15, 0.2) is 0 Å². The maximum Gasteiger partial charge on any atom is 0.329 e. The Bertz CT molecular complexity index is 375. The number of nitrogens with zero attached hydrogens (tertiary/aromatic N) is 1. The number of terminal acetylenes is 1. The first-order chi connectivity index (χ1) is 8.41. The Labute approximate surface area is 108 Å². The minimum Gasteiger partial charge on any atom is -0.480 e. The molecule has 0 aromatic heterocycles. The minimum absolute atomic E-state index is 0.164. The molecule has 0 radical (unpaired) electrons. The van der Waals surface area contributed by atoms with E-state index >= 15 is 0 Å². The van der Waals surface area contributed by atoms with Crippen LogP contribution in [0.2, 0.25) is 0 Å². The molecule has 5 heteroatoms. The molecule has 18 heavy (non-hydrogen) atoms. The number of aliphatic carboxylic acids is 1. The molecule has 2 atom stereocenters. The number of carbonyl (C=O) groups is 2. The number of carboxylic acid groups (broad SMARTS) is 1. The predicted octanol–water partition coefficient (Wildman–Crippen LogP) is 1.29. The quantitative estimate of drug-likeness (QED) is 0.744. The monoisotopic (exact) mass is 252 g/mol. The number of hydrogen-bond donors (Lipinski definition) is 2. The molecule has 1 aliphatic rings. The van der Waals surface area contributed by atoms with Gasteiger partial charge in [-0.2, -0.15) is 0 Å². The SMILES string of the molecule is C#CCN(C)C(=O)NC1(C(=O)O)CCCC(C)C1. The van der Waals surface area contributed by atoms with Crippen molar-refractivity contribution in [2.24, 2.45) is 5.92 Å². The number of hydrogen-bond acceptors (Lipinski definition) is 2. The summed E-state index contributed by atoms with van der Waals surface area (Å²) in [5.74, 6) is 1.69. The Morgan fingerprint density at radius 3 is 2.78 bits per heavy atom. The van der Waals surface area contributed by atoms with Crippen molar-refractivity contribution in [3.8, 4) is 12.3 Å². The highest BCUT2D eigenvalue weighted by atomic mass is 16.4. The van der Waals surface area contributed by atoms with Crippen LogP contribution in [0.25, 0.3) is 0 Å². The van der Waals surface area contributed by atoms with Crippen LogP contribution in [0.1, 0.15) is 32.6 Å². The third-order valence-electron chi connectivity index (χ3n) is 3.43. The second-order valence-electron chi connectivity index (χ2n) is 5.08. The summed E-state index contributed by atoms with van der Waals surface area (Å²) in [7, 11) is 1.55. The van der Waals surface area contributed by atoms with E-state index in [1.54, 1.807) is 7.05 Å². The van der Waals surface area contributed by atoms with Crippen molar-refractivity contribution in [2.75, 3.05) is 13.6 Å². The highest BCUT2D eigenvalue weighted by molar-refractivity contribution is 5.86. The first kappa shape index (κ1) is 14.4. The molecule has 1 aliphatic carbocycles. The van der Waals surface area contributed by atoms with Crippen molar-refractivity contribution in [2.45, 2.75) is 38.1 Å². The maximum atomic E-state index is 11.9. The zero-order chi connectivity index (χ0) is 13.8. The molecule has 0 spiro atoms. The Kier molecular flexibility index (Phi) is 4.60. The summed E-state index contributed by atoms with van der Waals surface area (Å²) in [6, 6.07) is -0.426. The first-order valence-corrected chi connectivity index (χ1v) is 6.11. The first-order valence-electron chi connectivity index (χ1n) is 6.11. The van der Waals surface area contributed by atoms with Crippen molar-refractivity contribution in [3.05, 3.63) is 0 Å². The van der Waals surface area contributed by atoms with E-state index in [9.17, 15) is 14.7 Å².